The second-order valence-corrected chi connectivity index (χ2v) is 7.67. The Hall–Kier alpha value is -4.93. The summed E-state index contributed by atoms with van der Waals surface area (Å²) in [6.45, 7) is 1.75. The van der Waals surface area contributed by atoms with Gasteiger partial charge in [0.25, 0.3) is 5.91 Å². The summed E-state index contributed by atoms with van der Waals surface area (Å²) < 4.78 is 30.0. The Balaban J connectivity index is 1.53. The molecule has 3 rings (SSSR count). The highest BCUT2D eigenvalue weighted by molar-refractivity contribution is 6.04. The van der Waals surface area contributed by atoms with Crippen LogP contribution in [0.1, 0.15) is 18.9 Å². The molecule has 0 aromatic heterocycles. The van der Waals surface area contributed by atoms with E-state index in [0.717, 1.165) is 0 Å². The van der Waals surface area contributed by atoms with Gasteiger partial charge in [-0.2, -0.15) is 5.10 Å². The molecule has 0 aliphatic carbocycles. The van der Waals surface area contributed by atoms with Crippen LogP contribution in [0.25, 0.3) is 0 Å². The number of halogens is 1. The van der Waals surface area contributed by atoms with E-state index in [9.17, 15) is 18.8 Å². The van der Waals surface area contributed by atoms with Crippen molar-refractivity contribution in [1.82, 2.24) is 5.43 Å². The van der Waals surface area contributed by atoms with Gasteiger partial charge in [-0.1, -0.05) is 24.3 Å². The summed E-state index contributed by atoms with van der Waals surface area (Å²) in [6.07, 6.45) is 0.925. The number of hydrogen-bond acceptors (Lipinski definition) is 7. The number of rotatable bonds is 12. The number of anilines is 2. The Kier molecular flexibility index (Phi) is 10.2. The minimum atomic E-state index is -0.612. The maximum Gasteiger partial charge on any atom is 0.262 e. The van der Waals surface area contributed by atoms with Crippen LogP contribution in [-0.4, -0.2) is 44.3 Å². The zero-order chi connectivity index (χ0) is 27.3. The second kappa shape index (κ2) is 14.0. The molecule has 0 atom stereocenters. The first-order valence-electron chi connectivity index (χ1n) is 11.6. The van der Waals surface area contributed by atoms with Crippen LogP contribution in [0, 0.1) is 5.82 Å². The molecule has 0 spiro atoms. The highest BCUT2D eigenvalue weighted by Crippen LogP contribution is 2.28. The number of carbonyl (C=O) groups is 3. The van der Waals surface area contributed by atoms with E-state index in [1.807, 2.05) is 0 Å². The largest absolute Gasteiger partial charge is 0.495 e. The van der Waals surface area contributed by atoms with Gasteiger partial charge in [0.15, 0.2) is 18.1 Å². The molecule has 0 saturated heterocycles. The van der Waals surface area contributed by atoms with Gasteiger partial charge in [-0.3, -0.25) is 14.4 Å². The van der Waals surface area contributed by atoms with Crippen molar-refractivity contribution < 1.29 is 33.0 Å². The van der Waals surface area contributed by atoms with Gasteiger partial charge in [0.2, 0.25) is 11.8 Å². The molecule has 0 bridgehead atoms. The van der Waals surface area contributed by atoms with E-state index < -0.39 is 30.0 Å². The summed E-state index contributed by atoms with van der Waals surface area (Å²) in [6, 6.07) is 17.5. The Bertz CT molecular complexity index is 1310. The third-order valence-electron chi connectivity index (χ3n) is 4.88. The molecule has 0 aliphatic rings. The SMILES string of the molecule is CCOc1cc(C=NNC(=O)CC(=O)Nc2ccccc2OC)ccc1OCC(=O)Nc1ccccc1F. The number of hydrazone groups is 1. The third kappa shape index (κ3) is 8.33. The molecule has 198 valence electrons. The number of amides is 3. The van der Waals surface area contributed by atoms with E-state index in [4.69, 9.17) is 14.2 Å². The first-order chi connectivity index (χ1) is 18.4. The van der Waals surface area contributed by atoms with Crippen molar-refractivity contribution in [3.63, 3.8) is 0 Å². The van der Waals surface area contributed by atoms with E-state index in [1.165, 1.54) is 31.5 Å². The fraction of sp³-hybridized carbons (Fsp3) is 0.185. The lowest BCUT2D eigenvalue weighted by molar-refractivity contribution is -0.126. The van der Waals surface area contributed by atoms with Gasteiger partial charge in [0.1, 0.15) is 18.0 Å². The maximum absolute atomic E-state index is 13.7. The van der Waals surface area contributed by atoms with Crippen LogP contribution >= 0.6 is 0 Å². The van der Waals surface area contributed by atoms with Crippen LogP contribution in [0.5, 0.6) is 17.2 Å². The zero-order valence-electron chi connectivity index (χ0n) is 20.8. The number of benzene rings is 3. The number of ether oxygens (including phenoxy) is 3. The van der Waals surface area contributed by atoms with Crippen LogP contribution < -0.4 is 30.3 Å². The number of nitrogens with one attached hydrogen (secondary N) is 3. The molecular weight excluding hydrogens is 495 g/mol. The summed E-state index contributed by atoms with van der Waals surface area (Å²) in [5.41, 5.74) is 3.36. The normalized spacial score (nSPS) is 10.5. The van der Waals surface area contributed by atoms with Crippen LogP contribution in [0.15, 0.2) is 71.8 Å². The Morgan fingerprint density at radius 3 is 2.29 bits per heavy atom. The molecule has 0 fully saturated rings. The molecule has 3 aromatic carbocycles. The van der Waals surface area contributed by atoms with Crippen LogP contribution in [0.4, 0.5) is 15.8 Å². The lowest BCUT2D eigenvalue weighted by Crippen LogP contribution is -2.24. The molecule has 38 heavy (non-hydrogen) atoms. The van der Waals surface area contributed by atoms with E-state index in [-0.39, 0.29) is 12.3 Å². The van der Waals surface area contributed by atoms with Gasteiger partial charge in [-0.15, -0.1) is 0 Å². The topological polar surface area (TPSA) is 127 Å². The Morgan fingerprint density at radius 2 is 1.55 bits per heavy atom. The average molecular weight is 523 g/mol. The lowest BCUT2D eigenvalue weighted by atomic mass is 10.2. The minimum Gasteiger partial charge on any atom is -0.495 e. The lowest BCUT2D eigenvalue weighted by Gasteiger charge is -2.13. The summed E-state index contributed by atoms with van der Waals surface area (Å²) in [4.78, 5) is 36.4. The monoisotopic (exact) mass is 522 g/mol. The molecular formula is C27H27FN4O6. The Morgan fingerprint density at radius 1 is 0.842 bits per heavy atom. The average Bonchev–Trinajstić information content (AvgIpc) is 2.90. The van der Waals surface area contributed by atoms with Crippen LogP contribution in [0.2, 0.25) is 0 Å². The number of carbonyl (C=O) groups excluding carboxylic acids is 3. The first kappa shape index (κ1) is 27.7. The van der Waals surface area contributed by atoms with E-state index in [0.29, 0.717) is 35.1 Å². The third-order valence-corrected chi connectivity index (χ3v) is 4.88. The molecule has 0 aliphatic heterocycles. The molecule has 3 amide bonds. The maximum atomic E-state index is 13.7. The summed E-state index contributed by atoms with van der Waals surface area (Å²) in [5.74, 6) is -1.12. The predicted octanol–water partition coefficient (Wildman–Crippen LogP) is 3.73. The predicted molar refractivity (Wildman–Crippen MR) is 140 cm³/mol. The molecule has 11 heteroatoms. The van der Waals surface area contributed by atoms with Crippen molar-refractivity contribution in [3.8, 4) is 17.2 Å². The van der Waals surface area contributed by atoms with Crippen molar-refractivity contribution in [1.29, 1.82) is 0 Å². The zero-order valence-corrected chi connectivity index (χ0v) is 20.8. The van der Waals surface area contributed by atoms with E-state index in [2.05, 4.69) is 21.2 Å². The van der Waals surface area contributed by atoms with Crippen molar-refractivity contribution in [2.45, 2.75) is 13.3 Å². The molecule has 3 aromatic rings. The molecule has 0 radical (unpaired) electrons. The minimum absolute atomic E-state index is 0.0528. The van der Waals surface area contributed by atoms with Gasteiger partial charge in [0, 0.05) is 0 Å². The number of methoxy groups -OCH3 is 1. The van der Waals surface area contributed by atoms with Gasteiger partial charge < -0.3 is 24.8 Å². The Labute approximate surface area is 218 Å². The molecule has 0 heterocycles. The highest BCUT2D eigenvalue weighted by atomic mass is 19.1. The number of nitrogens with zero attached hydrogens (tertiary/aromatic N) is 1. The number of hydrogen-bond donors (Lipinski definition) is 3. The quantitative estimate of drug-likeness (QED) is 0.189. The summed E-state index contributed by atoms with van der Waals surface area (Å²) in [7, 11) is 1.48. The van der Waals surface area contributed by atoms with Gasteiger partial charge in [-0.25, -0.2) is 9.82 Å². The van der Waals surface area contributed by atoms with Gasteiger partial charge in [0.05, 0.1) is 31.3 Å². The summed E-state index contributed by atoms with van der Waals surface area (Å²) in [5, 5.41) is 8.92. The van der Waals surface area contributed by atoms with E-state index in [1.54, 1.807) is 55.5 Å². The molecule has 0 unspecified atom stereocenters. The molecule has 10 nitrogen and oxygen atoms in total. The smallest absolute Gasteiger partial charge is 0.262 e. The second-order valence-electron chi connectivity index (χ2n) is 7.67. The van der Waals surface area contributed by atoms with Crippen LogP contribution in [0.3, 0.4) is 0 Å². The highest BCUT2D eigenvalue weighted by Gasteiger charge is 2.13. The fourth-order valence-electron chi connectivity index (χ4n) is 3.19. The fourth-order valence-corrected chi connectivity index (χ4v) is 3.19. The van der Waals surface area contributed by atoms with Crippen molar-refractivity contribution >= 4 is 35.3 Å². The molecule has 0 saturated carbocycles. The first-order valence-corrected chi connectivity index (χ1v) is 11.6. The molecule has 3 N–H and O–H groups in total. The van der Waals surface area contributed by atoms with Crippen molar-refractivity contribution in [2.24, 2.45) is 5.10 Å². The van der Waals surface area contributed by atoms with Gasteiger partial charge >= 0.3 is 0 Å². The van der Waals surface area contributed by atoms with E-state index >= 15 is 0 Å². The standard InChI is InChI=1S/C27H27FN4O6/c1-3-37-24-14-18(12-13-23(24)38-17-27(35)30-20-9-5-4-8-19(20)28)16-29-32-26(34)15-25(33)31-21-10-6-7-11-22(21)36-2/h4-14,16H,3,15,17H2,1-2H3,(H,30,35)(H,31,33)(H,32,34). The van der Waals surface area contributed by atoms with Gasteiger partial charge in [-0.05, 0) is 55.0 Å². The summed E-state index contributed by atoms with van der Waals surface area (Å²) >= 11 is 0. The number of para-hydroxylation sites is 3. The van der Waals surface area contributed by atoms with Crippen molar-refractivity contribution in [2.75, 3.05) is 31.0 Å². The van der Waals surface area contributed by atoms with Crippen molar-refractivity contribution in [3.05, 3.63) is 78.1 Å². The van der Waals surface area contributed by atoms with Crippen LogP contribution in [-0.2, 0) is 14.4 Å².